The van der Waals surface area contributed by atoms with Gasteiger partial charge < -0.3 is 4.42 Å². The third-order valence-corrected chi connectivity index (χ3v) is 9.20. The van der Waals surface area contributed by atoms with Crippen LogP contribution in [0.4, 0.5) is 4.79 Å². The summed E-state index contributed by atoms with van der Waals surface area (Å²) < 4.78 is 6.09. The predicted octanol–water partition coefficient (Wildman–Crippen LogP) is 6.59. The number of carbonyl (C=O) groups is 2. The quantitative estimate of drug-likeness (QED) is 0.437. The Kier molecular flexibility index (Phi) is 4.41. The van der Waals surface area contributed by atoms with Gasteiger partial charge in [-0.15, -0.1) is 0 Å². The molecule has 3 aromatic rings. The maximum atomic E-state index is 12.0. The molecule has 1 saturated heterocycles. The highest BCUT2D eigenvalue weighted by Gasteiger charge is 2.51. The molecule has 8 rings (SSSR count). The molecule has 4 aliphatic carbocycles. The van der Waals surface area contributed by atoms with Crippen molar-refractivity contribution in [3.8, 4) is 11.1 Å². The summed E-state index contributed by atoms with van der Waals surface area (Å²) in [5.74, 6) is 2.96. The molecule has 0 atom stereocenters. The van der Waals surface area contributed by atoms with Gasteiger partial charge in [-0.25, -0.2) is 4.98 Å². The highest BCUT2D eigenvalue weighted by atomic mass is 32.2. The Morgan fingerprint density at radius 2 is 1.79 bits per heavy atom. The Labute approximate surface area is 202 Å². The molecule has 4 bridgehead atoms. The molecule has 2 aromatic carbocycles. The number of hydrogen-bond acceptors (Lipinski definition) is 5. The van der Waals surface area contributed by atoms with Crippen molar-refractivity contribution in [2.24, 2.45) is 17.8 Å². The largest absolute Gasteiger partial charge is 0.440 e. The van der Waals surface area contributed by atoms with E-state index < -0.39 is 0 Å². The lowest BCUT2D eigenvalue weighted by molar-refractivity contribution is -0.115. The van der Waals surface area contributed by atoms with Crippen molar-refractivity contribution in [2.75, 3.05) is 0 Å². The van der Waals surface area contributed by atoms with E-state index in [1.54, 1.807) is 6.08 Å². The molecule has 2 heterocycles. The summed E-state index contributed by atoms with van der Waals surface area (Å²) in [5, 5.41) is 2.00. The van der Waals surface area contributed by atoms with Crippen LogP contribution in [0, 0.1) is 24.7 Å². The van der Waals surface area contributed by atoms with Gasteiger partial charge >= 0.3 is 0 Å². The summed E-state index contributed by atoms with van der Waals surface area (Å²) in [7, 11) is 0. The first kappa shape index (κ1) is 20.5. The first-order valence-corrected chi connectivity index (χ1v) is 13.0. The summed E-state index contributed by atoms with van der Waals surface area (Å²) in [6.07, 6.45) is 9.93. The Morgan fingerprint density at radius 3 is 2.47 bits per heavy atom. The number of nitrogens with one attached hydrogen (secondary N) is 1. The van der Waals surface area contributed by atoms with Crippen LogP contribution in [-0.2, 0) is 10.2 Å². The van der Waals surface area contributed by atoms with E-state index in [0.29, 0.717) is 10.8 Å². The van der Waals surface area contributed by atoms with Gasteiger partial charge in [0, 0.05) is 12.5 Å². The van der Waals surface area contributed by atoms with Crippen molar-refractivity contribution in [1.82, 2.24) is 10.3 Å². The minimum absolute atomic E-state index is 0.267. The summed E-state index contributed by atoms with van der Waals surface area (Å²) in [6.45, 7) is 1.90. The van der Waals surface area contributed by atoms with E-state index in [4.69, 9.17) is 9.40 Å². The smallest absolute Gasteiger partial charge is 0.290 e. The van der Waals surface area contributed by atoms with Gasteiger partial charge in [-0.1, -0.05) is 18.2 Å². The lowest BCUT2D eigenvalue weighted by atomic mass is 9.48. The van der Waals surface area contributed by atoms with Crippen LogP contribution < -0.4 is 5.32 Å². The number of amides is 2. The molecular weight excluding hydrogens is 444 g/mol. The first-order chi connectivity index (χ1) is 16.4. The van der Waals surface area contributed by atoms with E-state index in [2.05, 4.69) is 29.6 Å². The standard InChI is InChI=1S/C28H26N2O3S/c1-15-29-23-11-21(28-12-17-5-18(13-28)7-19(6-17)14-28)10-22(25(23)33-15)20-4-2-3-16(8-20)9-24-26(31)30-27(32)34-24/h2-4,8-11,17-19H,5-7,12-14H2,1H3,(H,30,31,32)/b24-9+. The number of oxazole rings is 1. The summed E-state index contributed by atoms with van der Waals surface area (Å²) in [4.78, 5) is 28.8. The van der Waals surface area contributed by atoms with Gasteiger partial charge in [0.05, 0.1) is 4.91 Å². The third kappa shape index (κ3) is 3.26. The molecule has 1 aromatic heterocycles. The van der Waals surface area contributed by atoms with Gasteiger partial charge in [0.15, 0.2) is 11.5 Å². The third-order valence-electron chi connectivity index (χ3n) is 8.39. The summed E-state index contributed by atoms with van der Waals surface area (Å²) in [6, 6.07) is 12.8. The average molecular weight is 471 g/mol. The molecule has 5 nitrogen and oxygen atoms in total. The molecular formula is C28H26N2O3S. The van der Waals surface area contributed by atoms with E-state index in [9.17, 15) is 9.59 Å². The monoisotopic (exact) mass is 470 g/mol. The zero-order valence-corrected chi connectivity index (χ0v) is 19.9. The summed E-state index contributed by atoms with van der Waals surface area (Å²) in [5.41, 5.74) is 6.42. The fraction of sp³-hybridized carbons (Fsp3) is 0.393. The number of imide groups is 1. The molecule has 0 unspecified atom stereocenters. The Hall–Kier alpha value is -2.86. The summed E-state index contributed by atoms with van der Waals surface area (Å²) >= 11 is 0.944. The molecule has 4 saturated carbocycles. The van der Waals surface area contributed by atoms with Gasteiger partial charge in [0.25, 0.3) is 11.1 Å². The van der Waals surface area contributed by atoms with Gasteiger partial charge in [-0.05, 0) is 114 Å². The zero-order chi connectivity index (χ0) is 23.0. The minimum Gasteiger partial charge on any atom is -0.440 e. The lowest BCUT2D eigenvalue weighted by Gasteiger charge is -2.57. The number of aromatic nitrogens is 1. The van der Waals surface area contributed by atoms with Gasteiger partial charge in [0.2, 0.25) is 0 Å². The van der Waals surface area contributed by atoms with Crippen LogP contribution in [0.15, 0.2) is 45.7 Å². The number of rotatable bonds is 3. The highest BCUT2D eigenvalue weighted by molar-refractivity contribution is 8.18. The second-order valence-corrected chi connectivity index (χ2v) is 11.8. The number of thioether (sulfide) groups is 1. The number of hydrogen-bond donors (Lipinski definition) is 1. The Bertz CT molecular complexity index is 1370. The van der Waals surface area contributed by atoms with Crippen LogP contribution in [0.3, 0.4) is 0 Å². The van der Waals surface area contributed by atoms with Crippen LogP contribution in [0.5, 0.6) is 0 Å². The first-order valence-electron chi connectivity index (χ1n) is 12.2. The van der Waals surface area contributed by atoms with Crippen molar-refractivity contribution < 1.29 is 14.0 Å². The van der Waals surface area contributed by atoms with Gasteiger partial charge in [0.1, 0.15) is 5.52 Å². The fourth-order valence-corrected chi connectivity index (χ4v) is 8.18. The molecule has 5 aliphatic rings. The van der Waals surface area contributed by atoms with Crippen molar-refractivity contribution in [1.29, 1.82) is 0 Å². The van der Waals surface area contributed by atoms with Crippen molar-refractivity contribution in [2.45, 2.75) is 50.9 Å². The maximum absolute atomic E-state index is 12.0. The molecule has 0 radical (unpaired) electrons. The number of fused-ring (bicyclic) bond motifs is 1. The molecule has 0 spiro atoms. The second kappa shape index (κ2) is 7.32. The Balaban J connectivity index is 1.35. The van der Waals surface area contributed by atoms with E-state index in [1.807, 2.05) is 19.1 Å². The van der Waals surface area contributed by atoms with Crippen molar-refractivity contribution in [3.05, 3.63) is 58.3 Å². The highest BCUT2D eigenvalue weighted by Crippen LogP contribution is 2.61. The van der Waals surface area contributed by atoms with Crippen LogP contribution in [0.25, 0.3) is 28.3 Å². The SMILES string of the molecule is Cc1nc2cc(C34CC5CC(CC(C5)C3)C4)cc(-c3cccc(/C=C4/SC(=O)NC4=O)c3)c2o1. The minimum atomic E-state index is -0.336. The van der Waals surface area contributed by atoms with E-state index in [1.165, 1.54) is 44.1 Å². The van der Waals surface area contributed by atoms with Crippen LogP contribution in [0.1, 0.15) is 55.5 Å². The molecule has 6 heteroatoms. The van der Waals surface area contributed by atoms with Crippen LogP contribution in [-0.4, -0.2) is 16.1 Å². The normalized spacial score (nSPS) is 31.1. The number of carbonyl (C=O) groups excluding carboxylic acids is 2. The molecule has 34 heavy (non-hydrogen) atoms. The topological polar surface area (TPSA) is 72.2 Å². The van der Waals surface area contributed by atoms with Gasteiger partial charge in [-0.3, -0.25) is 14.9 Å². The molecule has 1 aliphatic heterocycles. The van der Waals surface area contributed by atoms with Crippen LogP contribution in [0.2, 0.25) is 0 Å². The fourth-order valence-electron chi connectivity index (χ4n) is 7.50. The maximum Gasteiger partial charge on any atom is 0.290 e. The van der Waals surface area contributed by atoms with E-state index in [0.717, 1.165) is 57.3 Å². The Morgan fingerprint density at radius 1 is 1.06 bits per heavy atom. The molecule has 2 amide bonds. The molecule has 1 N–H and O–H groups in total. The number of nitrogens with zero attached hydrogens (tertiary/aromatic N) is 1. The van der Waals surface area contributed by atoms with E-state index >= 15 is 0 Å². The molecule has 5 fully saturated rings. The van der Waals surface area contributed by atoms with Gasteiger partial charge in [-0.2, -0.15) is 0 Å². The van der Waals surface area contributed by atoms with E-state index in [-0.39, 0.29) is 16.6 Å². The predicted molar refractivity (Wildman–Crippen MR) is 133 cm³/mol. The van der Waals surface area contributed by atoms with Crippen molar-refractivity contribution >= 4 is 40.1 Å². The van der Waals surface area contributed by atoms with Crippen molar-refractivity contribution in [3.63, 3.8) is 0 Å². The average Bonchev–Trinajstić information content (AvgIpc) is 3.32. The molecule has 172 valence electrons. The number of aryl methyl sites for hydroxylation is 1. The van der Waals surface area contributed by atoms with Crippen LogP contribution >= 0.6 is 11.8 Å². The zero-order valence-electron chi connectivity index (χ0n) is 19.1. The second-order valence-electron chi connectivity index (χ2n) is 10.8. The lowest BCUT2D eigenvalue weighted by Crippen LogP contribution is -2.48. The number of benzene rings is 2.